The number of halogens is 1. The molecular weight excluding hydrogens is 418 g/mol. The van der Waals surface area contributed by atoms with E-state index in [0.29, 0.717) is 42.7 Å². The Morgan fingerprint density at radius 3 is 2.81 bits per heavy atom. The van der Waals surface area contributed by atoms with Gasteiger partial charge < -0.3 is 14.2 Å². The lowest BCUT2D eigenvalue weighted by molar-refractivity contribution is -0.133. The van der Waals surface area contributed by atoms with Gasteiger partial charge in [-0.2, -0.15) is 4.98 Å². The van der Waals surface area contributed by atoms with Crippen LogP contribution in [0.4, 0.5) is 0 Å². The predicted octanol–water partition coefficient (Wildman–Crippen LogP) is 3.07. The highest BCUT2D eigenvalue weighted by atomic mass is 35.5. The molecule has 0 atom stereocenters. The number of hydrogen-bond donors (Lipinski definition) is 0. The van der Waals surface area contributed by atoms with Crippen molar-refractivity contribution < 1.29 is 14.1 Å². The number of methoxy groups -OCH3 is 1. The molecule has 0 saturated carbocycles. The van der Waals surface area contributed by atoms with Gasteiger partial charge in [0.2, 0.25) is 17.6 Å². The minimum Gasteiger partial charge on any atom is -0.496 e. The third-order valence-electron chi connectivity index (χ3n) is 5.30. The molecule has 1 aliphatic heterocycles. The Hall–Kier alpha value is -2.97. The summed E-state index contributed by atoms with van der Waals surface area (Å²) in [5.41, 5.74) is 1.84. The second kappa shape index (κ2) is 9.89. The van der Waals surface area contributed by atoms with Crippen LogP contribution in [0.25, 0.3) is 11.4 Å². The number of pyridine rings is 1. The van der Waals surface area contributed by atoms with Crippen molar-refractivity contribution in [2.75, 3.05) is 33.3 Å². The fourth-order valence-electron chi connectivity index (χ4n) is 3.61. The monoisotopic (exact) mass is 441 g/mol. The Morgan fingerprint density at radius 2 is 2.06 bits per heavy atom. The topological polar surface area (TPSA) is 84.6 Å². The van der Waals surface area contributed by atoms with E-state index in [4.69, 9.17) is 20.9 Å². The average molecular weight is 442 g/mol. The lowest BCUT2D eigenvalue weighted by Gasteiger charge is -2.35. The molecule has 0 spiro atoms. The Morgan fingerprint density at radius 1 is 1.23 bits per heavy atom. The first-order valence-electron chi connectivity index (χ1n) is 10.2. The number of amides is 1. The lowest BCUT2D eigenvalue weighted by Crippen LogP contribution is -2.48. The van der Waals surface area contributed by atoms with Gasteiger partial charge in [-0.1, -0.05) is 16.8 Å². The van der Waals surface area contributed by atoms with Crippen LogP contribution in [0.2, 0.25) is 5.02 Å². The standard InChI is InChI=1S/C22H24ClN5O3/c1-30-19-5-4-18(23)13-17(19)15-27-9-11-28(12-10-27)21(29)7-6-20-25-22(26-31-20)16-3-2-8-24-14-16/h2-5,8,13-14H,6-7,9-12,15H2,1H3. The van der Waals surface area contributed by atoms with E-state index in [0.717, 1.165) is 36.5 Å². The van der Waals surface area contributed by atoms with Crippen LogP contribution in [-0.2, 0) is 17.8 Å². The number of piperazine rings is 1. The van der Waals surface area contributed by atoms with Gasteiger partial charge in [0.05, 0.1) is 7.11 Å². The quantitative estimate of drug-likeness (QED) is 0.557. The molecule has 1 aromatic carbocycles. The maximum Gasteiger partial charge on any atom is 0.227 e. The SMILES string of the molecule is COc1ccc(Cl)cc1CN1CCN(C(=O)CCc2nc(-c3cccnc3)no2)CC1. The van der Waals surface area contributed by atoms with Crippen LogP contribution in [-0.4, -0.2) is 64.1 Å². The van der Waals surface area contributed by atoms with Crippen molar-refractivity contribution in [3.63, 3.8) is 0 Å². The zero-order chi connectivity index (χ0) is 21.6. The highest BCUT2D eigenvalue weighted by Crippen LogP contribution is 2.24. The van der Waals surface area contributed by atoms with Gasteiger partial charge in [0, 0.05) is 74.1 Å². The molecule has 0 radical (unpaired) electrons. The molecule has 31 heavy (non-hydrogen) atoms. The molecule has 9 heteroatoms. The predicted molar refractivity (Wildman–Crippen MR) is 116 cm³/mol. The third-order valence-corrected chi connectivity index (χ3v) is 5.54. The summed E-state index contributed by atoms with van der Waals surface area (Å²) >= 11 is 6.13. The van der Waals surface area contributed by atoms with Crippen molar-refractivity contribution in [3.05, 3.63) is 59.2 Å². The molecular formula is C22H24ClN5O3. The summed E-state index contributed by atoms with van der Waals surface area (Å²) < 4.78 is 10.7. The van der Waals surface area contributed by atoms with Crippen LogP contribution < -0.4 is 4.74 Å². The Labute approximate surface area is 185 Å². The summed E-state index contributed by atoms with van der Waals surface area (Å²) in [5, 5.41) is 4.66. The fraction of sp³-hybridized carbons (Fsp3) is 0.364. The van der Waals surface area contributed by atoms with Crippen molar-refractivity contribution in [1.29, 1.82) is 0 Å². The second-order valence-corrected chi connectivity index (χ2v) is 7.80. The van der Waals surface area contributed by atoms with Gasteiger partial charge in [-0.15, -0.1) is 0 Å². The number of aromatic nitrogens is 3. The van der Waals surface area contributed by atoms with Crippen LogP contribution in [0.15, 0.2) is 47.2 Å². The minimum absolute atomic E-state index is 0.0983. The smallest absolute Gasteiger partial charge is 0.227 e. The molecule has 3 aromatic rings. The van der Waals surface area contributed by atoms with Crippen molar-refractivity contribution in [3.8, 4) is 17.1 Å². The number of carbonyl (C=O) groups excluding carboxylic acids is 1. The first-order valence-corrected chi connectivity index (χ1v) is 10.6. The third kappa shape index (κ3) is 5.39. The highest BCUT2D eigenvalue weighted by molar-refractivity contribution is 6.30. The Bertz CT molecular complexity index is 1020. The molecule has 0 unspecified atom stereocenters. The van der Waals surface area contributed by atoms with E-state index < -0.39 is 0 Å². The van der Waals surface area contributed by atoms with Gasteiger partial charge in [-0.3, -0.25) is 14.7 Å². The Kier molecular flexibility index (Phi) is 6.79. The first kappa shape index (κ1) is 21.3. The van der Waals surface area contributed by atoms with E-state index in [-0.39, 0.29) is 5.91 Å². The van der Waals surface area contributed by atoms with Gasteiger partial charge >= 0.3 is 0 Å². The second-order valence-electron chi connectivity index (χ2n) is 7.37. The van der Waals surface area contributed by atoms with E-state index in [1.807, 2.05) is 35.2 Å². The molecule has 2 aromatic heterocycles. The van der Waals surface area contributed by atoms with Gasteiger partial charge in [-0.05, 0) is 30.3 Å². The molecule has 1 amide bonds. The van der Waals surface area contributed by atoms with Crippen LogP contribution >= 0.6 is 11.6 Å². The van der Waals surface area contributed by atoms with Gasteiger partial charge in [0.1, 0.15) is 5.75 Å². The van der Waals surface area contributed by atoms with Crippen molar-refractivity contribution in [2.45, 2.75) is 19.4 Å². The molecule has 1 fully saturated rings. The number of carbonyl (C=O) groups is 1. The molecule has 3 heterocycles. The van der Waals surface area contributed by atoms with Crippen LogP contribution in [0.3, 0.4) is 0 Å². The van der Waals surface area contributed by atoms with Gasteiger partial charge in [-0.25, -0.2) is 0 Å². The van der Waals surface area contributed by atoms with E-state index in [9.17, 15) is 4.79 Å². The molecule has 0 N–H and O–H groups in total. The first-order chi connectivity index (χ1) is 15.1. The highest BCUT2D eigenvalue weighted by Gasteiger charge is 2.22. The van der Waals surface area contributed by atoms with E-state index in [2.05, 4.69) is 20.0 Å². The summed E-state index contributed by atoms with van der Waals surface area (Å²) in [6, 6.07) is 9.32. The summed E-state index contributed by atoms with van der Waals surface area (Å²) in [7, 11) is 1.66. The molecule has 1 aliphatic rings. The van der Waals surface area contributed by atoms with Crippen molar-refractivity contribution in [2.24, 2.45) is 0 Å². The number of hydrogen-bond acceptors (Lipinski definition) is 7. The maximum absolute atomic E-state index is 12.6. The average Bonchev–Trinajstić information content (AvgIpc) is 3.28. The molecule has 8 nitrogen and oxygen atoms in total. The van der Waals surface area contributed by atoms with Crippen LogP contribution in [0, 0.1) is 0 Å². The number of rotatable bonds is 7. The lowest BCUT2D eigenvalue weighted by atomic mass is 10.1. The molecule has 4 rings (SSSR count). The summed E-state index contributed by atoms with van der Waals surface area (Å²) in [6.07, 6.45) is 4.13. The molecule has 1 saturated heterocycles. The van der Waals surface area contributed by atoms with Crippen LogP contribution in [0.1, 0.15) is 17.9 Å². The largest absolute Gasteiger partial charge is 0.496 e. The fourth-order valence-corrected chi connectivity index (χ4v) is 3.80. The number of benzene rings is 1. The zero-order valence-electron chi connectivity index (χ0n) is 17.3. The minimum atomic E-state index is 0.0983. The molecule has 0 aliphatic carbocycles. The number of aryl methyl sites for hydroxylation is 1. The molecule has 0 bridgehead atoms. The van der Waals surface area contributed by atoms with Gasteiger partial charge in [0.25, 0.3) is 0 Å². The summed E-state index contributed by atoms with van der Waals surface area (Å²) in [5.74, 6) is 1.87. The number of ether oxygens (including phenoxy) is 1. The van der Waals surface area contributed by atoms with E-state index in [1.54, 1.807) is 19.5 Å². The Balaban J connectivity index is 1.25. The van der Waals surface area contributed by atoms with Crippen molar-refractivity contribution >= 4 is 17.5 Å². The zero-order valence-corrected chi connectivity index (χ0v) is 18.1. The normalized spacial score (nSPS) is 14.6. The maximum atomic E-state index is 12.6. The molecule has 162 valence electrons. The van der Waals surface area contributed by atoms with E-state index >= 15 is 0 Å². The van der Waals surface area contributed by atoms with Crippen molar-refractivity contribution in [1.82, 2.24) is 24.9 Å². The summed E-state index contributed by atoms with van der Waals surface area (Å²) in [6.45, 7) is 3.71. The summed E-state index contributed by atoms with van der Waals surface area (Å²) in [4.78, 5) is 25.2. The van der Waals surface area contributed by atoms with Gasteiger partial charge in [0.15, 0.2) is 0 Å². The van der Waals surface area contributed by atoms with E-state index in [1.165, 1.54) is 0 Å². The van der Waals surface area contributed by atoms with Crippen LogP contribution in [0.5, 0.6) is 5.75 Å². The number of nitrogens with zero attached hydrogens (tertiary/aromatic N) is 5.